The quantitative estimate of drug-likeness (QED) is 0.423. The molecule has 3 nitrogen and oxygen atoms in total. The molecule has 0 unspecified atom stereocenters. The van der Waals surface area contributed by atoms with Gasteiger partial charge < -0.3 is 9.47 Å². The van der Waals surface area contributed by atoms with Crippen molar-refractivity contribution in [3.63, 3.8) is 0 Å². The van der Waals surface area contributed by atoms with E-state index in [4.69, 9.17) is 4.74 Å². The summed E-state index contributed by atoms with van der Waals surface area (Å²) in [6.45, 7) is 5.52. The van der Waals surface area contributed by atoms with Crippen molar-refractivity contribution in [2.24, 2.45) is 0 Å². The molecule has 10 heavy (non-hydrogen) atoms. The summed E-state index contributed by atoms with van der Waals surface area (Å²) in [4.78, 5) is 10.7. The Morgan fingerprint density at radius 2 is 2.50 bits per heavy atom. The fourth-order valence-corrected chi connectivity index (χ4v) is 0.401. The summed E-state index contributed by atoms with van der Waals surface area (Å²) in [6, 6.07) is 0. The van der Waals surface area contributed by atoms with Crippen LogP contribution in [0, 0.1) is 0 Å². The molecule has 0 saturated carbocycles. The van der Waals surface area contributed by atoms with Crippen LogP contribution >= 0.6 is 0 Å². The first-order valence-corrected chi connectivity index (χ1v) is 2.91. The number of hydrogen-bond donors (Lipinski definition) is 0. The predicted molar refractivity (Wildman–Crippen MR) is 34.9 cm³/mol. The zero-order chi connectivity index (χ0) is 7.56. The first kappa shape index (κ1) is 6.86. The lowest BCUT2D eigenvalue weighted by molar-refractivity contribution is -0.142. The van der Waals surface area contributed by atoms with Crippen molar-refractivity contribution in [2.75, 3.05) is 6.61 Å². The van der Waals surface area contributed by atoms with E-state index in [9.17, 15) is 4.79 Å². The average molecular weight is 140 g/mol. The van der Waals surface area contributed by atoms with Crippen LogP contribution in [0.15, 0.2) is 24.2 Å². The molecule has 1 aliphatic heterocycles. The summed E-state index contributed by atoms with van der Waals surface area (Å²) < 4.78 is 9.38. The van der Waals surface area contributed by atoms with E-state index in [2.05, 4.69) is 11.3 Å². The molecular weight excluding hydrogens is 132 g/mol. The monoisotopic (exact) mass is 140 g/mol. The van der Waals surface area contributed by atoms with Crippen molar-refractivity contribution in [3.8, 4) is 0 Å². The summed E-state index contributed by atoms with van der Waals surface area (Å²) in [5, 5.41) is 0. The fourth-order valence-electron chi connectivity index (χ4n) is 0.401. The second-order valence-electron chi connectivity index (χ2n) is 2.00. The minimum atomic E-state index is -0.439. The molecule has 0 radical (unpaired) electrons. The van der Waals surface area contributed by atoms with Gasteiger partial charge in [0.05, 0.1) is 0 Å². The lowest BCUT2D eigenvalue weighted by Gasteiger charge is -2.14. The van der Waals surface area contributed by atoms with Crippen molar-refractivity contribution in [2.45, 2.75) is 6.92 Å². The average Bonchev–Trinajstić information content (AvgIpc) is 1.77. The second-order valence-corrected chi connectivity index (χ2v) is 2.00. The highest BCUT2D eigenvalue weighted by Gasteiger charge is 2.13. The molecule has 54 valence electrons. The molecular formula is C7H8O3. The third-order valence-electron chi connectivity index (χ3n) is 1.02. The van der Waals surface area contributed by atoms with Gasteiger partial charge in [0.15, 0.2) is 0 Å². The number of esters is 1. The Bertz CT molecular complexity index is 203. The SMILES string of the molecule is C=C(C)C(=O)OC1=CCO1. The molecule has 0 aliphatic carbocycles. The van der Waals surface area contributed by atoms with E-state index < -0.39 is 5.97 Å². The van der Waals surface area contributed by atoms with Crippen molar-refractivity contribution in [1.82, 2.24) is 0 Å². The third kappa shape index (κ3) is 1.37. The van der Waals surface area contributed by atoms with Crippen LogP contribution in [0.25, 0.3) is 0 Å². The van der Waals surface area contributed by atoms with Gasteiger partial charge in [0.2, 0.25) is 0 Å². The Hall–Kier alpha value is -1.25. The summed E-state index contributed by atoms with van der Waals surface area (Å²) >= 11 is 0. The first-order valence-electron chi connectivity index (χ1n) is 2.91. The van der Waals surface area contributed by atoms with Gasteiger partial charge in [-0.1, -0.05) is 6.58 Å². The molecule has 0 spiro atoms. The van der Waals surface area contributed by atoms with Crippen LogP contribution in [-0.2, 0) is 14.3 Å². The van der Waals surface area contributed by atoms with Crippen LogP contribution < -0.4 is 0 Å². The van der Waals surface area contributed by atoms with Gasteiger partial charge in [-0.2, -0.15) is 0 Å². The predicted octanol–water partition coefficient (Wildman–Crippen LogP) is 0.977. The summed E-state index contributed by atoms with van der Waals surface area (Å²) in [5.41, 5.74) is 0.372. The van der Waals surface area contributed by atoms with E-state index >= 15 is 0 Å². The molecule has 0 aromatic carbocycles. The smallest absolute Gasteiger partial charge is 0.340 e. The molecule has 1 heterocycles. The van der Waals surface area contributed by atoms with Gasteiger partial charge in [0, 0.05) is 11.6 Å². The van der Waals surface area contributed by atoms with Crippen LogP contribution in [0.2, 0.25) is 0 Å². The minimum absolute atomic E-state index is 0.285. The van der Waals surface area contributed by atoms with Crippen LogP contribution in [0.3, 0.4) is 0 Å². The lowest BCUT2D eigenvalue weighted by atomic mass is 10.4. The Kier molecular flexibility index (Phi) is 1.76. The van der Waals surface area contributed by atoms with Crippen molar-refractivity contribution in [1.29, 1.82) is 0 Å². The highest BCUT2D eigenvalue weighted by molar-refractivity contribution is 5.87. The Balaban J connectivity index is 2.38. The van der Waals surface area contributed by atoms with Crippen molar-refractivity contribution < 1.29 is 14.3 Å². The van der Waals surface area contributed by atoms with Gasteiger partial charge in [-0.15, -0.1) is 0 Å². The second kappa shape index (κ2) is 2.56. The number of ether oxygens (including phenoxy) is 2. The molecule has 0 bridgehead atoms. The molecule has 0 aromatic heterocycles. The van der Waals surface area contributed by atoms with Gasteiger partial charge in [-0.3, -0.25) is 0 Å². The van der Waals surface area contributed by atoms with E-state index in [1.54, 1.807) is 13.0 Å². The van der Waals surface area contributed by atoms with Crippen LogP contribution in [-0.4, -0.2) is 12.6 Å². The van der Waals surface area contributed by atoms with E-state index in [1.807, 2.05) is 0 Å². The summed E-state index contributed by atoms with van der Waals surface area (Å²) in [7, 11) is 0. The van der Waals surface area contributed by atoms with Gasteiger partial charge in [-0.05, 0) is 6.92 Å². The Morgan fingerprint density at radius 1 is 1.90 bits per heavy atom. The maximum Gasteiger partial charge on any atom is 0.340 e. The van der Waals surface area contributed by atoms with E-state index in [0.717, 1.165) is 0 Å². The molecule has 1 rings (SSSR count). The van der Waals surface area contributed by atoms with E-state index in [-0.39, 0.29) is 5.95 Å². The highest BCUT2D eigenvalue weighted by Crippen LogP contribution is 2.10. The van der Waals surface area contributed by atoms with Crippen molar-refractivity contribution >= 4 is 5.97 Å². The first-order chi connectivity index (χ1) is 4.70. The largest absolute Gasteiger partial charge is 0.461 e. The number of carbonyl (C=O) groups excluding carboxylic acids is 1. The standard InChI is InChI=1S/C7H8O3/c1-5(2)7(8)10-6-3-4-9-6/h3H,1,4H2,2H3. The normalized spacial score (nSPS) is 14.3. The maximum absolute atomic E-state index is 10.7. The zero-order valence-electron chi connectivity index (χ0n) is 5.72. The minimum Gasteiger partial charge on any atom is -0.461 e. The Labute approximate surface area is 58.9 Å². The van der Waals surface area contributed by atoms with Gasteiger partial charge in [0.25, 0.3) is 5.95 Å². The zero-order valence-corrected chi connectivity index (χ0v) is 5.72. The van der Waals surface area contributed by atoms with Gasteiger partial charge >= 0.3 is 5.97 Å². The molecule has 0 N–H and O–H groups in total. The number of rotatable bonds is 2. The third-order valence-corrected chi connectivity index (χ3v) is 1.02. The summed E-state index contributed by atoms with van der Waals surface area (Å²) in [6.07, 6.45) is 1.68. The molecule has 1 aliphatic rings. The van der Waals surface area contributed by atoms with Gasteiger partial charge in [0.1, 0.15) is 6.61 Å². The molecule has 0 amide bonds. The van der Waals surface area contributed by atoms with Crippen LogP contribution in [0.1, 0.15) is 6.92 Å². The van der Waals surface area contributed by atoms with E-state index in [0.29, 0.717) is 12.2 Å². The highest BCUT2D eigenvalue weighted by atomic mass is 16.7. The molecule has 3 heteroatoms. The molecule has 0 atom stereocenters. The molecule has 0 saturated heterocycles. The topological polar surface area (TPSA) is 35.5 Å². The molecule has 0 fully saturated rings. The van der Waals surface area contributed by atoms with Crippen LogP contribution in [0.4, 0.5) is 0 Å². The van der Waals surface area contributed by atoms with Crippen LogP contribution in [0.5, 0.6) is 0 Å². The Morgan fingerprint density at radius 3 is 2.80 bits per heavy atom. The summed E-state index contributed by atoms with van der Waals surface area (Å²) in [5.74, 6) is -0.154. The number of carbonyl (C=O) groups is 1. The maximum atomic E-state index is 10.7. The van der Waals surface area contributed by atoms with Gasteiger partial charge in [-0.25, -0.2) is 4.79 Å². The van der Waals surface area contributed by atoms with Crippen molar-refractivity contribution in [3.05, 3.63) is 24.2 Å². The fraction of sp³-hybridized carbons (Fsp3) is 0.286. The molecule has 0 aromatic rings. The van der Waals surface area contributed by atoms with E-state index in [1.165, 1.54) is 0 Å². The lowest BCUT2D eigenvalue weighted by Crippen LogP contribution is -2.13. The number of hydrogen-bond acceptors (Lipinski definition) is 3.